The number of nitrogens with one attached hydrogen (secondary N) is 1. The minimum absolute atomic E-state index is 0.180. The van der Waals surface area contributed by atoms with Crippen LogP contribution in [0.1, 0.15) is 18.9 Å². The van der Waals surface area contributed by atoms with Gasteiger partial charge in [0.15, 0.2) is 9.84 Å². The molecule has 108 valence electrons. The molecular weight excluding hydrogens is 262 g/mol. The van der Waals surface area contributed by atoms with Crippen molar-refractivity contribution in [2.24, 2.45) is 0 Å². The van der Waals surface area contributed by atoms with Crippen molar-refractivity contribution in [2.45, 2.75) is 19.8 Å². The fourth-order valence-electron chi connectivity index (χ4n) is 1.88. The Kier molecular flexibility index (Phi) is 6.87. The summed E-state index contributed by atoms with van der Waals surface area (Å²) in [4.78, 5) is 0. The zero-order valence-electron chi connectivity index (χ0n) is 11.7. The number of hydrogen-bond donors (Lipinski definition) is 1. The number of rotatable bonds is 9. The van der Waals surface area contributed by atoms with Crippen LogP contribution >= 0.6 is 0 Å². The third-order valence-electron chi connectivity index (χ3n) is 2.84. The van der Waals surface area contributed by atoms with Crippen LogP contribution in [0.5, 0.6) is 0 Å². The van der Waals surface area contributed by atoms with Crippen LogP contribution in [0.15, 0.2) is 24.3 Å². The highest BCUT2D eigenvalue weighted by Crippen LogP contribution is 2.15. The van der Waals surface area contributed by atoms with E-state index in [4.69, 9.17) is 4.74 Å². The first-order valence-electron chi connectivity index (χ1n) is 6.60. The van der Waals surface area contributed by atoms with Gasteiger partial charge in [0, 0.05) is 25.1 Å². The van der Waals surface area contributed by atoms with E-state index in [1.165, 1.54) is 0 Å². The van der Waals surface area contributed by atoms with E-state index in [2.05, 4.69) is 5.32 Å². The predicted octanol–water partition coefficient (Wildman–Crippen LogP) is 2.11. The van der Waals surface area contributed by atoms with E-state index in [1.807, 2.05) is 31.2 Å². The van der Waals surface area contributed by atoms with Crippen molar-refractivity contribution in [3.8, 4) is 0 Å². The molecule has 0 fully saturated rings. The summed E-state index contributed by atoms with van der Waals surface area (Å²) in [5, 5.41) is 3.20. The van der Waals surface area contributed by atoms with Crippen molar-refractivity contribution in [3.63, 3.8) is 0 Å². The highest BCUT2D eigenvalue weighted by atomic mass is 32.2. The van der Waals surface area contributed by atoms with Gasteiger partial charge in [-0.3, -0.25) is 0 Å². The van der Waals surface area contributed by atoms with Gasteiger partial charge in [0.2, 0.25) is 0 Å². The van der Waals surface area contributed by atoms with E-state index in [0.29, 0.717) is 19.6 Å². The summed E-state index contributed by atoms with van der Waals surface area (Å²) < 4.78 is 28.3. The van der Waals surface area contributed by atoms with Crippen LogP contribution < -0.4 is 5.32 Å². The summed E-state index contributed by atoms with van der Waals surface area (Å²) in [5.41, 5.74) is 2.14. The lowest BCUT2D eigenvalue weighted by atomic mass is 10.1. The van der Waals surface area contributed by atoms with E-state index < -0.39 is 9.84 Å². The maximum atomic E-state index is 11.6. The Morgan fingerprint density at radius 3 is 2.63 bits per heavy atom. The standard InChI is InChI=1S/C14H23NO3S/c1-3-11-19(16,17)12-9-15-14-7-5-4-6-13(14)8-10-18-2/h4-7,15H,3,8-12H2,1-2H3. The normalized spacial score (nSPS) is 11.5. The second kappa shape index (κ2) is 8.17. The van der Waals surface area contributed by atoms with Crippen molar-refractivity contribution >= 4 is 15.5 Å². The molecule has 4 nitrogen and oxygen atoms in total. The van der Waals surface area contributed by atoms with E-state index >= 15 is 0 Å². The van der Waals surface area contributed by atoms with Crippen LogP contribution in [-0.2, 0) is 21.0 Å². The molecule has 0 radical (unpaired) electrons. The summed E-state index contributed by atoms with van der Waals surface area (Å²) in [7, 11) is -1.24. The number of methoxy groups -OCH3 is 1. The molecule has 0 atom stereocenters. The molecule has 1 aromatic rings. The lowest BCUT2D eigenvalue weighted by Crippen LogP contribution is -2.18. The minimum Gasteiger partial charge on any atom is -0.384 e. The van der Waals surface area contributed by atoms with Gasteiger partial charge in [0.25, 0.3) is 0 Å². The molecule has 0 saturated carbocycles. The molecule has 1 N–H and O–H groups in total. The molecule has 0 aromatic heterocycles. The average molecular weight is 285 g/mol. The Bertz CT molecular complexity index is 471. The first-order chi connectivity index (χ1) is 9.09. The molecule has 0 amide bonds. The molecule has 0 aliphatic carbocycles. The lowest BCUT2D eigenvalue weighted by Gasteiger charge is -2.11. The summed E-state index contributed by atoms with van der Waals surface area (Å²) in [5.74, 6) is 0.444. The molecule has 19 heavy (non-hydrogen) atoms. The lowest BCUT2D eigenvalue weighted by molar-refractivity contribution is 0.202. The SMILES string of the molecule is CCCS(=O)(=O)CCNc1ccccc1CCOC. The second-order valence-corrected chi connectivity index (χ2v) is 6.78. The van der Waals surface area contributed by atoms with Gasteiger partial charge in [-0.05, 0) is 24.5 Å². The van der Waals surface area contributed by atoms with Crippen molar-refractivity contribution in [2.75, 3.05) is 37.1 Å². The quantitative estimate of drug-likeness (QED) is 0.755. The molecule has 0 bridgehead atoms. The monoisotopic (exact) mass is 285 g/mol. The predicted molar refractivity (Wildman–Crippen MR) is 79.5 cm³/mol. The van der Waals surface area contributed by atoms with Gasteiger partial charge >= 0.3 is 0 Å². The van der Waals surface area contributed by atoms with Gasteiger partial charge in [-0.15, -0.1) is 0 Å². The Balaban J connectivity index is 2.53. The molecule has 1 rings (SSSR count). The number of hydrogen-bond acceptors (Lipinski definition) is 4. The molecule has 0 heterocycles. The van der Waals surface area contributed by atoms with Crippen LogP contribution in [0, 0.1) is 0 Å². The van der Waals surface area contributed by atoms with Crippen LogP contribution in [0.2, 0.25) is 0 Å². The third kappa shape index (κ3) is 6.07. The van der Waals surface area contributed by atoms with Crippen LogP contribution in [0.3, 0.4) is 0 Å². The maximum absolute atomic E-state index is 11.6. The summed E-state index contributed by atoms with van der Waals surface area (Å²) >= 11 is 0. The fraction of sp³-hybridized carbons (Fsp3) is 0.571. The zero-order chi connectivity index (χ0) is 14.1. The largest absolute Gasteiger partial charge is 0.384 e. The van der Waals surface area contributed by atoms with Crippen molar-refractivity contribution in [3.05, 3.63) is 29.8 Å². The van der Waals surface area contributed by atoms with Crippen LogP contribution in [0.4, 0.5) is 5.69 Å². The number of para-hydroxylation sites is 1. The third-order valence-corrected chi connectivity index (χ3v) is 4.69. The van der Waals surface area contributed by atoms with Gasteiger partial charge in [-0.1, -0.05) is 25.1 Å². The van der Waals surface area contributed by atoms with E-state index in [9.17, 15) is 8.42 Å². The fourth-order valence-corrected chi connectivity index (χ4v) is 3.12. The van der Waals surface area contributed by atoms with Crippen molar-refractivity contribution in [1.29, 1.82) is 0 Å². The van der Waals surface area contributed by atoms with Gasteiger partial charge in [-0.2, -0.15) is 0 Å². The first-order valence-corrected chi connectivity index (χ1v) is 8.42. The number of ether oxygens (including phenoxy) is 1. The van der Waals surface area contributed by atoms with E-state index in [1.54, 1.807) is 7.11 Å². The molecule has 0 spiro atoms. The molecule has 1 aromatic carbocycles. The van der Waals surface area contributed by atoms with Gasteiger partial charge < -0.3 is 10.1 Å². The van der Waals surface area contributed by atoms with Crippen LogP contribution in [-0.4, -0.2) is 40.2 Å². The smallest absolute Gasteiger partial charge is 0.152 e. The minimum atomic E-state index is -2.92. The van der Waals surface area contributed by atoms with Gasteiger partial charge in [0.05, 0.1) is 12.4 Å². The number of sulfone groups is 1. The maximum Gasteiger partial charge on any atom is 0.152 e. The number of anilines is 1. The summed E-state index contributed by atoms with van der Waals surface area (Å²) in [6.45, 7) is 2.99. The van der Waals surface area contributed by atoms with E-state index in [-0.39, 0.29) is 11.5 Å². The molecule has 5 heteroatoms. The Morgan fingerprint density at radius 1 is 1.21 bits per heavy atom. The van der Waals surface area contributed by atoms with Crippen molar-refractivity contribution in [1.82, 2.24) is 0 Å². The zero-order valence-corrected chi connectivity index (χ0v) is 12.5. The Hall–Kier alpha value is -1.07. The highest BCUT2D eigenvalue weighted by Gasteiger charge is 2.09. The molecular formula is C14H23NO3S. The molecule has 0 saturated heterocycles. The van der Waals surface area contributed by atoms with Gasteiger partial charge in [0.1, 0.15) is 0 Å². The molecule has 0 aliphatic heterocycles. The second-order valence-electron chi connectivity index (χ2n) is 4.48. The average Bonchev–Trinajstić information content (AvgIpc) is 2.37. The summed E-state index contributed by atoms with van der Waals surface area (Å²) in [6.07, 6.45) is 1.49. The highest BCUT2D eigenvalue weighted by molar-refractivity contribution is 7.91. The van der Waals surface area contributed by atoms with Crippen LogP contribution in [0.25, 0.3) is 0 Å². The first kappa shape index (κ1) is 16.0. The van der Waals surface area contributed by atoms with Gasteiger partial charge in [-0.25, -0.2) is 8.42 Å². The van der Waals surface area contributed by atoms with Crippen molar-refractivity contribution < 1.29 is 13.2 Å². The molecule has 0 unspecified atom stereocenters. The Morgan fingerprint density at radius 2 is 1.95 bits per heavy atom. The molecule has 0 aliphatic rings. The van der Waals surface area contributed by atoms with E-state index in [0.717, 1.165) is 17.7 Å². The Labute approximate surface area is 116 Å². The number of benzene rings is 1. The topological polar surface area (TPSA) is 55.4 Å². The summed E-state index contributed by atoms with van der Waals surface area (Å²) in [6, 6.07) is 7.92.